The van der Waals surface area contributed by atoms with E-state index in [0.29, 0.717) is 11.3 Å². The van der Waals surface area contributed by atoms with Crippen LogP contribution in [0, 0.1) is 23.2 Å². The van der Waals surface area contributed by atoms with Crippen molar-refractivity contribution in [1.29, 1.82) is 0 Å². The Kier molecular flexibility index (Phi) is 4.36. The molecule has 0 aromatic carbocycles. The molecule has 1 rings (SSSR count). The Balaban J connectivity index is 2.73. The van der Waals surface area contributed by atoms with E-state index >= 15 is 0 Å². The standard InChI is InChI=1S/C14H26O/c1-11(2)8-14(5-6-15)9-12(3)7-13(4)10-14/h6,11-13H,5,7-10H2,1-4H3/t12-,13?,14?/m1/s1. The molecule has 1 aliphatic carbocycles. The average Bonchev–Trinajstić information content (AvgIpc) is 1.99. The average molecular weight is 210 g/mol. The second kappa shape index (κ2) is 5.14. The van der Waals surface area contributed by atoms with Gasteiger partial charge in [-0.15, -0.1) is 0 Å². The van der Waals surface area contributed by atoms with E-state index in [9.17, 15) is 4.79 Å². The van der Waals surface area contributed by atoms with E-state index in [1.54, 1.807) is 0 Å². The Morgan fingerprint density at radius 2 is 1.80 bits per heavy atom. The van der Waals surface area contributed by atoms with Crippen molar-refractivity contribution < 1.29 is 4.79 Å². The molecule has 1 aliphatic rings. The number of carbonyl (C=O) groups excluding carboxylic acids is 1. The van der Waals surface area contributed by atoms with Gasteiger partial charge in [-0.1, -0.05) is 27.7 Å². The first-order chi connectivity index (χ1) is 6.97. The van der Waals surface area contributed by atoms with Crippen LogP contribution in [0.25, 0.3) is 0 Å². The summed E-state index contributed by atoms with van der Waals surface area (Å²) < 4.78 is 0. The first kappa shape index (κ1) is 12.7. The maximum Gasteiger partial charge on any atom is 0.120 e. The minimum absolute atomic E-state index is 0.326. The van der Waals surface area contributed by atoms with E-state index in [4.69, 9.17) is 0 Å². The van der Waals surface area contributed by atoms with Crippen molar-refractivity contribution in [2.45, 2.75) is 59.8 Å². The third kappa shape index (κ3) is 3.62. The van der Waals surface area contributed by atoms with Crippen LogP contribution in [-0.4, -0.2) is 6.29 Å². The molecule has 0 spiro atoms. The van der Waals surface area contributed by atoms with Crippen molar-refractivity contribution in [3.63, 3.8) is 0 Å². The van der Waals surface area contributed by atoms with Crippen LogP contribution in [-0.2, 0) is 4.79 Å². The fourth-order valence-electron chi connectivity index (χ4n) is 3.87. The van der Waals surface area contributed by atoms with Gasteiger partial charge in [0.25, 0.3) is 0 Å². The van der Waals surface area contributed by atoms with Gasteiger partial charge in [0.2, 0.25) is 0 Å². The van der Waals surface area contributed by atoms with E-state index in [1.165, 1.54) is 25.7 Å². The molecule has 1 heteroatoms. The topological polar surface area (TPSA) is 17.1 Å². The van der Waals surface area contributed by atoms with Crippen molar-refractivity contribution in [3.8, 4) is 0 Å². The minimum Gasteiger partial charge on any atom is -0.303 e. The third-order valence-electron chi connectivity index (χ3n) is 3.73. The summed E-state index contributed by atoms with van der Waals surface area (Å²) in [5.74, 6) is 2.31. The molecule has 15 heavy (non-hydrogen) atoms. The molecule has 0 heterocycles. The van der Waals surface area contributed by atoms with E-state index < -0.39 is 0 Å². The number of hydrogen-bond acceptors (Lipinski definition) is 1. The molecule has 0 aromatic rings. The molecule has 0 radical (unpaired) electrons. The van der Waals surface area contributed by atoms with Crippen molar-refractivity contribution in [2.75, 3.05) is 0 Å². The lowest BCUT2D eigenvalue weighted by Gasteiger charge is -2.43. The highest BCUT2D eigenvalue weighted by atomic mass is 16.1. The van der Waals surface area contributed by atoms with Crippen LogP contribution in [0.2, 0.25) is 0 Å². The monoisotopic (exact) mass is 210 g/mol. The van der Waals surface area contributed by atoms with Crippen molar-refractivity contribution >= 4 is 6.29 Å². The normalized spacial score (nSPS) is 36.9. The van der Waals surface area contributed by atoms with E-state index in [2.05, 4.69) is 27.7 Å². The van der Waals surface area contributed by atoms with Crippen molar-refractivity contribution in [2.24, 2.45) is 23.2 Å². The van der Waals surface area contributed by atoms with E-state index in [-0.39, 0.29) is 0 Å². The van der Waals surface area contributed by atoms with Crippen LogP contribution in [0.4, 0.5) is 0 Å². The fraction of sp³-hybridized carbons (Fsp3) is 0.929. The summed E-state index contributed by atoms with van der Waals surface area (Å²) in [6.07, 6.45) is 7.01. The molecule has 88 valence electrons. The van der Waals surface area contributed by atoms with Crippen LogP contribution in [0.1, 0.15) is 59.8 Å². The lowest BCUT2D eigenvalue weighted by molar-refractivity contribution is -0.111. The highest BCUT2D eigenvalue weighted by Crippen LogP contribution is 2.47. The predicted octanol–water partition coefficient (Wildman–Crippen LogP) is 4.06. The molecule has 1 saturated carbocycles. The zero-order chi connectivity index (χ0) is 11.5. The zero-order valence-corrected chi connectivity index (χ0v) is 10.8. The quantitative estimate of drug-likeness (QED) is 0.639. The minimum atomic E-state index is 0.326. The summed E-state index contributed by atoms with van der Waals surface area (Å²) in [5, 5.41) is 0. The Morgan fingerprint density at radius 3 is 2.20 bits per heavy atom. The highest BCUT2D eigenvalue weighted by Gasteiger charge is 2.37. The fourth-order valence-corrected chi connectivity index (χ4v) is 3.87. The second-order valence-electron chi connectivity index (χ2n) is 6.32. The van der Waals surface area contributed by atoms with E-state index in [1.807, 2.05) is 0 Å². The van der Waals surface area contributed by atoms with Crippen molar-refractivity contribution in [3.05, 3.63) is 0 Å². The van der Waals surface area contributed by atoms with Gasteiger partial charge in [0, 0.05) is 6.42 Å². The van der Waals surface area contributed by atoms with Gasteiger partial charge in [-0.2, -0.15) is 0 Å². The number of rotatable bonds is 4. The lowest BCUT2D eigenvalue weighted by atomic mass is 9.62. The van der Waals surface area contributed by atoms with Crippen LogP contribution < -0.4 is 0 Å². The van der Waals surface area contributed by atoms with Crippen LogP contribution in [0.3, 0.4) is 0 Å². The number of aldehydes is 1. The first-order valence-corrected chi connectivity index (χ1v) is 6.41. The maximum absolute atomic E-state index is 10.9. The molecular weight excluding hydrogens is 184 g/mol. The Morgan fingerprint density at radius 1 is 1.27 bits per heavy atom. The Labute approximate surface area is 94.6 Å². The van der Waals surface area contributed by atoms with Gasteiger partial charge in [-0.05, 0) is 48.9 Å². The number of carbonyl (C=O) groups is 1. The maximum atomic E-state index is 10.9. The van der Waals surface area contributed by atoms with Crippen molar-refractivity contribution in [1.82, 2.24) is 0 Å². The second-order valence-corrected chi connectivity index (χ2v) is 6.32. The zero-order valence-electron chi connectivity index (χ0n) is 10.8. The van der Waals surface area contributed by atoms with Crippen LogP contribution in [0.15, 0.2) is 0 Å². The Bertz CT molecular complexity index is 192. The SMILES string of the molecule is CC(C)CC1(CC=O)CC(C)C[C@@H](C)C1. The Hall–Kier alpha value is -0.330. The lowest BCUT2D eigenvalue weighted by Crippen LogP contribution is -2.33. The van der Waals surface area contributed by atoms with Crippen LogP contribution in [0.5, 0.6) is 0 Å². The molecule has 0 aromatic heterocycles. The highest BCUT2D eigenvalue weighted by molar-refractivity contribution is 5.50. The molecule has 0 N–H and O–H groups in total. The predicted molar refractivity (Wildman–Crippen MR) is 64.7 cm³/mol. The molecule has 2 unspecified atom stereocenters. The molecule has 0 bridgehead atoms. The third-order valence-corrected chi connectivity index (χ3v) is 3.73. The van der Waals surface area contributed by atoms with Gasteiger partial charge < -0.3 is 4.79 Å². The molecule has 0 amide bonds. The van der Waals surface area contributed by atoms with E-state index in [0.717, 1.165) is 24.5 Å². The summed E-state index contributed by atoms with van der Waals surface area (Å²) in [5.41, 5.74) is 0.326. The van der Waals surface area contributed by atoms with Gasteiger partial charge in [0.15, 0.2) is 0 Å². The molecule has 0 saturated heterocycles. The molecule has 0 aliphatic heterocycles. The first-order valence-electron chi connectivity index (χ1n) is 6.41. The van der Waals surface area contributed by atoms with Gasteiger partial charge in [0.1, 0.15) is 6.29 Å². The van der Waals surface area contributed by atoms with Gasteiger partial charge in [0.05, 0.1) is 0 Å². The molecule has 1 nitrogen and oxygen atoms in total. The molecular formula is C14H26O. The molecule has 3 atom stereocenters. The summed E-state index contributed by atoms with van der Waals surface area (Å²) in [6.45, 7) is 9.23. The largest absolute Gasteiger partial charge is 0.303 e. The van der Waals surface area contributed by atoms with Gasteiger partial charge >= 0.3 is 0 Å². The summed E-state index contributed by atoms with van der Waals surface area (Å²) >= 11 is 0. The number of hydrogen-bond donors (Lipinski definition) is 0. The van der Waals surface area contributed by atoms with Gasteiger partial charge in [-0.25, -0.2) is 0 Å². The summed E-state index contributed by atoms with van der Waals surface area (Å²) in [4.78, 5) is 10.9. The summed E-state index contributed by atoms with van der Waals surface area (Å²) in [6, 6.07) is 0. The summed E-state index contributed by atoms with van der Waals surface area (Å²) in [7, 11) is 0. The van der Waals surface area contributed by atoms with Crippen LogP contribution >= 0.6 is 0 Å². The smallest absolute Gasteiger partial charge is 0.120 e. The van der Waals surface area contributed by atoms with Gasteiger partial charge in [-0.3, -0.25) is 0 Å². The molecule has 1 fully saturated rings.